The first kappa shape index (κ1) is 25.0. The molecule has 1 aliphatic rings. The number of hydrogen-bond acceptors (Lipinski definition) is 8. The van der Waals surface area contributed by atoms with Crippen LogP contribution >= 0.6 is 0 Å². The number of carbonyl (C=O) groups is 1. The highest BCUT2D eigenvalue weighted by Crippen LogP contribution is 2.23. The van der Waals surface area contributed by atoms with Gasteiger partial charge in [0.05, 0.1) is 24.5 Å². The van der Waals surface area contributed by atoms with Gasteiger partial charge in [-0.05, 0) is 52.9 Å². The number of fused-ring (bicyclic) bond motifs is 1. The molecule has 0 aliphatic carbocycles. The van der Waals surface area contributed by atoms with E-state index in [1.54, 1.807) is 12.3 Å². The lowest BCUT2D eigenvalue weighted by atomic mass is 10.1. The number of likely N-dealkylation sites (tertiary alicyclic amines) is 1. The molecule has 36 heavy (non-hydrogen) atoms. The molecule has 3 N–H and O–H groups in total. The summed E-state index contributed by atoms with van der Waals surface area (Å²) in [4.78, 5) is 36.1. The molecule has 0 bridgehead atoms. The number of nitrogens with zero attached hydrogens (tertiary/aromatic N) is 7. The van der Waals surface area contributed by atoms with Crippen molar-refractivity contribution in [3.8, 4) is 0 Å². The van der Waals surface area contributed by atoms with E-state index < -0.39 is 0 Å². The standard InChI is InChI=1S/C24H32N10O2/c1-5-10-33-23(36)19-14-26-24(29-17-13-27-32(15-17)18-8-11-31(4)12-9-18)30-22(19)34(33)20(25)6-7-21(35)28-16(2)3/h5-7,13-16,18,25H,1,8-12H2,2-4H3,(H,28,35)(H,26,29,30)/b7-6-,25-20?. The number of piperidine rings is 1. The van der Waals surface area contributed by atoms with E-state index in [4.69, 9.17) is 5.41 Å². The summed E-state index contributed by atoms with van der Waals surface area (Å²) in [6, 6.07) is 0.311. The van der Waals surface area contributed by atoms with Gasteiger partial charge in [-0.15, -0.1) is 6.58 Å². The molecule has 1 aliphatic heterocycles. The van der Waals surface area contributed by atoms with E-state index in [9.17, 15) is 9.59 Å². The van der Waals surface area contributed by atoms with Crippen LogP contribution in [0.5, 0.6) is 0 Å². The molecular formula is C24H32N10O2. The molecule has 1 amide bonds. The summed E-state index contributed by atoms with van der Waals surface area (Å²) in [5.74, 6) is -0.158. The maximum Gasteiger partial charge on any atom is 0.278 e. The van der Waals surface area contributed by atoms with Gasteiger partial charge in [-0.3, -0.25) is 19.7 Å². The summed E-state index contributed by atoms with van der Waals surface area (Å²) in [5.41, 5.74) is 0.630. The fourth-order valence-electron chi connectivity index (χ4n) is 4.17. The number of amides is 1. The quantitative estimate of drug-likeness (QED) is 0.189. The van der Waals surface area contributed by atoms with E-state index in [2.05, 4.69) is 44.2 Å². The van der Waals surface area contributed by atoms with Crippen molar-refractivity contribution in [2.45, 2.75) is 45.3 Å². The van der Waals surface area contributed by atoms with Gasteiger partial charge in [0.2, 0.25) is 11.9 Å². The number of anilines is 2. The van der Waals surface area contributed by atoms with Crippen molar-refractivity contribution in [3.05, 3.63) is 53.8 Å². The molecule has 0 aromatic carbocycles. The Hall–Kier alpha value is -4.06. The second kappa shape index (κ2) is 10.7. The van der Waals surface area contributed by atoms with Crippen LogP contribution in [0.4, 0.5) is 11.6 Å². The van der Waals surface area contributed by atoms with Crippen LogP contribution in [0.2, 0.25) is 0 Å². The van der Waals surface area contributed by atoms with Crippen LogP contribution in [0.15, 0.2) is 48.2 Å². The Morgan fingerprint density at radius 2 is 2.03 bits per heavy atom. The van der Waals surface area contributed by atoms with Crippen LogP contribution < -0.4 is 16.2 Å². The maximum atomic E-state index is 13.0. The molecule has 0 atom stereocenters. The summed E-state index contributed by atoms with van der Waals surface area (Å²) >= 11 is 0. The average molecular weight is 493 g/mol. The second-order valence-electron chi connectivity index (χ2n) is 9.17. The van der Waals surface area contributed by atoms with Gasteiger partial charge in [0.15, 0.2) is 5.65 Å². The monoisotopic (exact) mass is 492 g/mol. The Bertz CT molecular complexity index is 1350. The molecule has 190 valence electrons. The molecule has 4 heterocycles. The molecule has 0 radical (unpaired) electrons. The Labute approximate surface area is 208 Å². The van der Waals surface area contributed by atoms with E-state index >= 15 is 0 Å². The van der Waals surface area contributed by atoms with E-state index in [-0.39, 0.29) is 46.9 Å². The van der Waals surface area contributed by atoms with Crippen LogP contribution in [-0.4, -0.2) is 71.9 Å². The minimum atomic E-state index is -0.351. The Balaban J connectivity index is 1.62. The molecule has 0 saturated carbocycles. The van der Waals surface area contributed by atoms with Gasteiger partial charge >= 0.3 is 0 Å². The van der Waals surface area contributed by atoms with Crippen molar-refractivity contribution in [1.82, 2.24) is 39.3 Å². The van der Waals surface area contributed by atoms with Crippen molar-refractivity contribution >= 4 is 34.4 Å². The Morgan fingerprint density at radius 3 is 2.72 bits per heavy atom. The molecule has 12 heteroatoms. The predicted molar refractivity (Wildman–Crippen MR) is 139 cm³/mol. The van der Waals surface area contributed by atoms with Crippen LogP contribution in [0.25, 0.3) is 11.0 Å². The summed E-state index contributed by atoms with van der Waals surface area (Å²) in [6.07, 6.45) is 11.3. The zero-order valence-electron chi connectivity index (χ0n) is 20.8. The number of rotatable bonds is 8. The summed E-state index contributed by atoms with van der Waals surface area (Å²) in [5, 5.41) is 19.2. The third-order valence-corrected chi connectivity index (χ3v) is 5.95. The van der Waals surface area contributed by atoms with E-state index in [0.29, 0.717) is 6.04 Å². The largest absolute Gasteiger partial charge is 0.350 e. The maximum absolute atomic E-state index is 13.0. The van der Waals surface area contributed by atoms with Gasteiger partial charge in [0.1, 0.15) is 11.2 Å². The van der Waals surface area contributed by atoms with Crippen LogP contribution in [0.3, 0.4) is 0 Å². The molecule has 4 rings (SSSR count). The van der Waals surface area contributed by atoms with E-state index in [1.807, 2.05) is 24.7 Å². The fraction of sp³-hybridized carbons (Fsp3) is 0.417. The lowest BCUT2D eigenvalue weighted by Crippen LogP contribution is -2.31. The van der Waals surface area contributed by atoms with Gasteiger partial charge in [-0.1, -0.05) is 6.08 Å². The zero-order chi connectivity index (χ0) is 25.8. The molecule has 1 fully saturated rings. The van der Waals surface area contributed by atoms with Gasteiger partial charge < -0.3 is 15.5 Å². The first-order chi connectivity index (χ1) is 17.3. The molecule has 1 saturated heterocycles. The number of allylic oxidation sites excluding steroid dienone is 2. The highest BCUT2D eigenvalue weighted by Gasteiger charge is 2.20. The van der Waals surface area contributed by atoms with Gasteiger partial charge in [0, 0.05) is 24.5 Å². The SMILES string of the molecule is C=CCn1c(=O)c2cnc(Nc3cnn(C4CCN(C)CC4)c3)nc2n1C(=N)/C=C\C(=O)NC(C)C. The van der Waals surface area contributed by atoms with Crippen molar-refractivity contribution < 1.29 is 4.79 Å². The fourth-order valence-corrected chi connectivity index (χ4v) is 4.17. The lowest BCUT2D eigenvalue weighted by Gasteiger charge is -2.28. The van der Waals surface area contributed by atoms with Crippen molar-refractivity contribution in [3.63, 3.8) is 0 Å². The van der Waals surface area contributed by atoms with Crippen molar-refractivity contribution in [2.75, 3.05) is 25.5 Å². The smallest absolute Gasteiger partial charge is 0.278 e. The summed E-state index contributed by atoms with van der Waals surface area (Å²) in [6.45, 7) is 9.63. The topological polar surface area (TPSA) is 139 Å². The lowest BCUT2D eigenvalue weighted by molar-refractivity contribution is -0.116. The summed E-state index contributed by atoms with van der Waals surface area (Å²) < 4.78 is 4.65. The van der Waals surface area contributed by atoms with Gasteiger partial charge in [-0.25, -0.2) is 14.3 Å². The molecule has 3 aromatic heterocycles. The van der Waals surface area contributed by atoms with Crippen LogP contribution in [0.1, 0.15) is 32.7 Å². The third-order valence-electron chi connectivity index (χ3n) is 5.95. The van der Waals surface area contributed by atoms with Crippen LogP contribution in [0, 0.1) is 5.41 Å². The molecule has 3 aromatic rings. The van der Waals surface area contributed by atoms with E-state index in [0.717, 1.165) is 31.6 Å². The van der Waals surface area contributed by atoms with Crippen LogP contribution in [-0.2, 0) is 11.3 Å². The number of aromatic nitrogens is 6. The molecule has 0 spiro atoms. The first-order valence-corrected chi connectivity index (χ1v) is 11.9. The van der Waals surface area contributed by atoms with E-state index in [1.165, 1.54) is 27.7 Å². The van der Waals surface area contributed by atoms with Crippen molar-refractivity contribution in [1.29, 1.82) is 5.41 Å². The third kappa shape index (κ3) is 5.43. The Kier molecular flexibility index (Phi) is 7.44. The highest BCUT2D eigenvalue weighted by molar-refractivity contribution is 6.01. The van der Waals surface area contributed by atoms with Crippen molar-refractivity contribution in [2.24, 2.45) is 0 Å². The Morgan fingerprint density at radius 1 is 1.28 bits per heavy atom. The van der Waals surface area contributed by atoms with Gasteiger partial charge in [0.25, 0.3) is 5.56 Å². The second-order valence-corrected chi connectivity index (χ2v) is 9.17. The minimum Gasteiger partial charge on any atom is -0.350 e. The minimum absolute atomic E-state index is 0.0344. The number of nitrogens with one attached hydrogen (secondary N) is 3. The average Bonchev–Trinajstić information content (AvgIpc) is 3.40. The highest BCUT2D eigenvalue weighted by atomic mass is 16.1. The molecule has 0 unspecified atom stereocenters. The summed E-state index contributed by atoms with van der Waals surface area (Å²) in [7, 11) is 2.12. The first-order valence-electron chi connectivity index (χ1n) is 11.9. The molecular weight excluding hydrogens is 460 g/mol. The number of hydrogen-bond donors (Lipinski definition) is 3. The predicted octanol–water partition coefficient (Wildman–Crippen LogP) is 1.89. The van der Waals surface area contributed by atoms with Gasteiger partial charge in [-0.2, -0.15) is 10.1 Å². The molecule has 12 nitrogen and oxygen atoms in total. The number of carbonyl (C=O) groups excluding carboxylic acids is 1. The zero-order valence-corrected chi connectivity index (χ0v) is 20.8. The normalized spacial score (nSPS) is 15.1.